The summed E-state index contributed by atoms with van der Waals surface area (Å²) >= 11 is 0. The third-order valence-corrected chi connectivity index (χ3v) is 2.41. The number of hydrogen-bond acceptors (Lipinski definition) is 2. The van der Waals surface area contributed by atoms with Gasteiger partial charge >= 0.3 is 0 Å². The molecule has 2 rings (SSSR count). The predicted molar refractivity (Wildman–Crippen MR) is 44.4 cm³/mol. The first kappa shape index (κ1) is 7.35. The van der Waals surface area contributed by atoms with Crippen molar-refractivity contribution in [3.8, 4) is 6.07 Å². The van der Waals surface area contributed by atoms with E-state index >= 15 is 0 Å². The molecule has 1 heterocycles. The molecule has 0 N–H and O–H groups in total. The van der Waals surface area contributed by atoms with Crippen LogP contribution >= 0.6 is 0 Å². The first-order valence-corrected chi connectivity index (χ1v) is 4.26. The molecule has 1 aromatic heterocycles. The maximum atomic E-state index is 8.88. The summed E-state index contributed by atoms with van der Waals surface area (Å²) in [6.45, 7) is 2.09. The summed E-state index contributed by atoms with van der Waals surface area (Å²) < 4.78 is 1.81. The Hall–Kier alpha value is -1.30. The molecule has 0 amide bonds. The van der Waals surface area contributed by atoms with Gasteiger partial charge in [0.15, 0.2) is 0 Å². The number of aromatic nitrogens is 2. The van der Waals surface area contributed by atoms with Gasteiger partial charge in [0.05, 0.1) is 12.3 Å². The van der Waals surface area contributed by atoms with Gasteiger partial charge in [-0.1, -0.05) is 6.92 Å². The topological polar surface area (TPSA) is 41.6 Å². The number of nitriles is 1. The van der Waals surface area contributed by atoms with Gasteiger partial charge < -0.3 is 0 Å². The van der Waals surface area contributed by atoms with Crippen LogP contribution in [0.1, 0.15) is 25.3 Å². The molecule has 3 heteroatoms. The van der Waals surface area contributed by atoms with E-state index < -0.39 is 0 Å². The molecule has 1 saturated carbocycles. The first-order chi connectivity index (χ1) is 5.80. The summed E-state index contributed by atoms with van der Waals surface area (Å²) in [6.07, 6.45) is 6.72. The van der Waals surface area contributed by atoms with Crippen molar-refractivity contribution in [2.75, 3.05) is 0 Å². The Bertz CT molecular complexity index is 328. The number of rotatable bonds is 2. The fourth-order valence-corrected chi connectivity index (χ4v) is 1.29. The molecule has 0 unspecified atom stereocenters. The molecule has 12 heavy (non-hydrogen) atoms. The van der Waals surface area contributed by atoms with E-state index in [1.807, 2.05) is 17.1 Å². The normalized spacial score (nSPS) is 18.7. The van der Waals surface area contributed by atoms with Crippen LogP contribution in [0.4, 0.5) is 0 Å². The van der Waals surface area contributed by atoms with Gasteiger partial charge in [-0.05, 0) is 24.8 Å². The standard InChI is InChI=1S/C9H11N3/c1-2-8-5-11-12(6-8)9(7-10)3-4-9/h5-6H,2-4H2,1H3. The Morgan fingerprint density at radius 2 is 2.50 bits per heavy atom. The summed E-state index contributed by atoms with van der Waals surface area (Å²) in [5.74, 6) is 0. The Morgan fingerprint density at radius 3 is 2.92 bits per heavy atom. The molecule has 0 spiro atoms. The van der Waals surface area contributed by atoms with Crippen LogP contribution in [-0.2, 0) is 12.0 Å². The van der Waals surface area contributed by atoms with E-state index in [1.54, 1.807) is 0 Å². The average molecular weight is 161 g/mol. The quantitative estimate of drug-likeness (QED) is 0.658. The van der Waals surface area contributed by atoms with Gasteiger partial charge in [-0.25, -0.2) is 0 Å². The molecule has 3 nitrogen and oxygen atoms in total. The van der Waals surface area contributed by atoms with Gasteiger partial charge in [0.2, 0.25) is 0 Å². The highest BCUT2D eigenvalue weighted by Gasteiger charge is 2.46. The molecule has 0 aliphatic heterocycles. The van der Waals surface area contributed by atoms with Crippen molar-refractivity contribution in [3.63, 3.8) is 0 Å². The van der Waals surface area contributed by atoms with Gasteiger partial charge in [0, 0.05) is 6.20 Å². The van der Waals surface area contributed by atoms with Crippen molar-refractivity contribution in [3.05, 3.63) is 18.0 Å². The largest absolute Gasteiger partial charge is 0.252 e. The molecule has 62 valence electrons. The second-order valence-electron chi connectivity index (χ2n) is 3.29. The molecule has 1 aromatic rings. The van der Waals surface area contributed by atoms with Gasteiger partial charge in [-0.15, -0.1) is 0 Å². The Kier molecular flexibility index (Phi) is 1.44. The predicted octanol–water partition coefficient (Wildman–Crippen LogP) is 1.46. The van der Waals surface area contributed by atoms with E-state index in [2.05, 4.69) is 18.1 Å². The lowest BCUT2D eigenvalue weighted by Gasteiger charge is -2.03. The van der Waals surface area contributed by atoms with Crippen molar-refractivity contribution in [2.45, 2.75) is 31.7 Å². The Balaban J connectivity index is 2.30. The molecule has 0 atom stereocenters. The average Bonchev–Trinajstić information content (AvgIpc) is 2.77. The number of nitrogens with zero attached hydrogens (tertiary/aromatic N) is 3. The van der Waals surface area contributed by atoms with E-state index in [4.69, 9.17) is 5.26 Å². The van der Waals surface area contributed by atoms with Crippen LogP contribution in [0.15, 0.2) is 12.4 Å². The van der Waals surface area contributed by atoms with Crippen molar-refractivity contribution in [1.82, 2.24) is 9.78 Å². The van der Waals surface area contributed by atoms with Crippen LogP contribution in [0.3, 0.4) is 0 Å². The summed E-state index contributed by atoms with van der Waals surface area (Å²) in [6, 6.07) is 2.31. The summed E-state index contributed by atoms with van der Waals surface area (Å²) in [7, 11) is 0. The lowest BCUT2D eigenvalue weighted by Crippen LogP contribution is -2.14. The fourth-order valence-electron chi connectivity index (χ4n) is 1.29. The third kappa shape index (κ3) is 0.918. The van der Waals surface area contributed by atoms with Crippen LogP contribution in [0.5, 0.6) is 0 Å². The lowest BCUT2D eigenvalue weighted by atomic mass is 10.3. The molecule has 0 bridgehead atoms. The minimum atomic E-state index is -0.284. The molecule has 0 aromatic carbocycles. The van der Waals surface area contributed by atoms with Crippen LogP contribution in [0.25, 0.3) is 0 Å². The smallest absolute Gasteiger partial charge is 0.149 e. The highest BCUT2D eigenvalue weighted by Crippen LogP contribution is 2.42. The van der Waals surface area contributed by atoms with Crippen LogP contribution in [0.2, 0.25) is 0 Å². The van der Waals surface area contributed by atoms with Gasteiger partial charge in [-0.3, -0.25) is 4.68 Å². The molecule has 0 radical (unpaired) electrons. The SMILES string of the molecule is CCc1cnn(C2(C#N)CC2)c1. The van der Waals surface area contributed by atoms with Gasteiger partial charge in [0.25, 0.3) is 0 Å². The number of aryl methyl sites for hydroxylation is 1. The molecular formula is C9H11N3. The van der Waals surface area contributed by atoms with Crippen LogP contribution in [-0.4, -0.2) is 9.78 Å². The van der Waals surface area contributed by atoms with E-state index in [0.717, 1.165) is 19.3 Å². The van der Waals surface area contributed by atoms with Crippen molar-refractivity contribution in [1.29, 1.82) is 5.26 Å². The van der Waals surface area contributed by atoms with E-state index in [1.165, 1.54) is 5.56 Å². The van der Waals surface area contributed by atoms with E-state index in [-0.39, 0.29) is 5.54 Å². The highest BCUT2D eigenvalue weighted by atomic mass is 15.3. The second-order valence-corrected chi connectivity index (χ2v) is 3.29. The lowest BCUT2D eigenvalue weighted by molar-refractivity contribution is 0.535. The summed E-state index contributed by atoms with van der Waals surface area (Å²) in [4.78, 5) is 0. The van der Waals surface area contributed by atoms with E-state index in [0.29, 0.717) is 0 Å². The molecule has 1 aliphatic rings. The van der Waals surface area contributed by atoms with Crippen molar-refractivity contribution >= 4 is 0 Å². The maximum Gasteiger partial charge on any atom is 0.149 e. The maximum absolute atomic E-state index is 8.88. The minimum absolute atomic E-state index is 0.284. The monoisotopic (exact) mass is 161 g/mol. The zero-order valence-electron chi connectivity index (χ0n) is 7.12. The van der Waals surface area contributed by atoms with Crippen molar-refractivity contribution in [2.24, 2.45) is 0 Å². The number of hydrogen-bond donors (Lipinski definition) is 0. The summed E-state index contributed by atoms with van der Waals surface area (Å²) in [5, 5.41) is 13.1. The fraction of sp³-hybridized carbons (Fsp3) is 0.556. The zero-order valence-corrected chi connectivity index (χ0v) is 7.12. The Labute approximate surface area is 71.6 Å². The third-order valence-electron chi connectivity index (χ3n) is 2.41. The van der Waals surface area contributed by atoms with Crippen LogP contribution < -0.4 is 0 Å². The van der Waals surface area contributed by atoms with Gasteiger partial charge in [0.1, 0.15) is 5.54 Å². The first-order valence-electron chi connectivity index (χ1n) is 4.26. The summed E-state index contributed by atoms with van der Waals surface area (Å²) in [5.41, 5.74) is 0.921. The van der Waals surface area contributed by atoms with Gasteiger partial charge in [-0.2, -0.15) is 10.4 Å². The van der Waals surface area contributed by atoms with Crippen LogP contribution in [0, 0.1) is 11.3 Å². The van der Waals surface area contributed by atoms with E-state index in [9.17, 15) is 0 Å². The second kappa shape index (κ2) is 2.34. The highest BCUT2D eigenvalue weighted by molar-refractivity contribution is 5.18. The minimum Gasteiger partial charge on any atom is -0.252 e. The molecule has 1 aliphatic carbocycles. The zero-order chi connectivity index (χ0) is 8.60. The molecular weight excluding hydrogens is 150 g/mol. The van der Waals surface area contributed by atoms with Crippen molar-refractivity contribution < 1.29 is 0 Å². The Morgan fingerprint density at radius 1 is 1.75 bits per heavy atom. The molecule has 0 saturated heterocycles. The molecule has 1 fully saturated rings.